The predicted molar refractivity (Wildman–Crippen MR) is 101 cm³/mol. The molecular weight excluding hydrogens is 312 g/mol. The molecule has 0 radical (unpaired) electrons. The molecule has 1 fully saturated rings. The summed E-state index contributed by atoms with van der Waals surface area (Å²) in [6.07, 6.45) is 0. The van der Waals surface area contributed by atoms with Crippen LogP contribution in [-0.4, -0.2) is 46.1 Å². The van der Waals surface area contributed by atoms with Crippen molar-refractivity contribution in [2.75, 3.05) is 36.0 Å². The molecule has 6 nitrogen and oxygen atoms in total. The second kappa shape index (κ2) is 6.58. The fraction of sp³-hybridized carbons (Fsp3) is 0.579. The Balaban J connectivity index is 1.75. The minimum Gasteiger partial charge on any atom is -0.353 e. The lowest BCUT2D eigenvalue weighted by Gasteiger charge is -2.36. The van der Waals surface area contributed by atoms with Crippen LogP contribution in [0.15, 0.2) is 12.1 Å². The smallest absolute Gasteiger partial charge is 0.225 e. The van der Waals surface area contributed by atoms with E-state index in [2.05, 4.69) is 56.6 Å². The summed E-state index contributed by atoms with van der Waals surface area (Å²) < 4.78 is 0. The van der Waals surface area contributed by atoms with Crippen LogP contribution in [-0.2, 0) is 5.41 Å². The maximum atomic E-state index is 4.66. The van der Waals surface area contributed by atoms with Gasteiger partial charge in [0.25, 0.3) is 0 Å². The second-order valence-electron chi connectivity index (χ2n) is 7.83. The SMILES string of the molecule is Cc1cc(C)nc(N2CCN(c3cc(C(C)(C)C)nc(C)n3)CC2)n1. The molecular formula is C19H28N6. The average molecular weight is 340 g/mol. The molecule has 0 atom stereocenters. The van der Waals surface area contributed by atoms with Gasteiger partial charge in [-0.2, -0.15) is 0 Å². The molecule has 3 rings (SSSR count). The van der Waals surface area contributed by atoms with E-state index in [1.807, 2.05) is 26.8 Å². The van der Waals surface area contributed by atoms with Crippen molar-refractivity contribution in [1.29, 1.82) is 0 Å². The van der Waals surface area contributed by atoms with Gasteiger partial charge in [-0.3, -0.25) is 0 Å². The molecule has 0 spiro atoms. The van der Waals surface area contributed by atoms with Crippen molar-refractivity contribution >= 4 is 11.8 Å². The van der Waals surface area contributed by atoms with Gasteiger partial charge in [-0.15, -0.1) is 0 Å². The van der Waals surface area contributed by atoms with Crippen molar-refractivity contribution in [1.82, 2.24) is 19.9 Å². The lowest BCUT2D eigenvalue weighted by Crippen LogP contribution is -2.47. The summed E-state index contributed by atoms with van der Waals surface area (Å²) in [5, 5.41) is 0. The van der Waals surface area contributed by atoms with E-state index in [-0.39, 0.29) is 5.41 Å². The van der Waals surface area contributed by atoms with E-state index in [9.17, 15) is 0 Å². The largest absolute Gasteiger partial charge is 0.353 e. The predicted octanol–water partition coefficient (Wildman–Crippen LogP) is 2.82. The van der Waals surface area contributed by atoms with Gasteiger partial charge >= 0.3 is 0 Å². The Morgan fingerprint density at radius 2 is 1.32 bits per heavy atom. The second-order valence-corrected chi connectivity index (χ2v) is 7.83. The molecule has 1 aliphatic heterocycles. The fourth-order valence-electron chi connectivity index (χ4n) is 3.08. The van der Waals surface area contributed by atoms with E-state index < -0.39 is 0 Å². The lowest BCUT2D eigenvalue weighted by atomic mass is 9.92. The Kier molecular flexibility index (Phi) is 4.62. The zero-order valence-electron chi connectivity index (χ0n) is 16.2. The topological polar surface area (TPSA) is 58.0 Å². The monoisotopic (exact) mass is 340 g/mol. The summed E-state index contributed by atoms with van der Waals surface area (Å²) >= 11 is 0. The van der Waals surface area contributed by atoms with E-state index in [1.54, 1.807) is 0 Å². The number of rotatable bonds is 2. The molecule has 0 aromatic carbocycles. The number of hydrogen-bond donors (Lipinski definition) is 0. The van der Waals surface area contributed by atoms with Crippen LogP contribution >= 0.6 is 0 Å². The summed E-state index contributed by atoms with van der Waals surface area (Å²) in [5.74, 6) is 2.70. The van der Waals surface area contributed by atoms with E-state index in [4.69, 9.17) is 0 Å². The van der Waals surface area contributed by atoms with Crippen LogP contribution in [0.5, 0.6) is 0 Å². The Morgan fingerprint density at radius 1 is 0.760 bits per heavy atom. The van der Waals surface area contributed by atoms with Gasteiger partial charge in [0.2, 0.25) is 5.95 Å². The number of aryl methyl sites for hydroxylation is 3. The van der Waals surface area contributed by atoms with Crippen molar-refractivity contribution in [2.24, 2.45) is 0 Å². The van der Waals surface area contributed by atoms with Gasteiger partial charge in [-0.1, -0.05) is 20.8 Å². The Morgan fingerprint density at radius 3 is 1.88 bits per heavy atom. The molecule has 0 aliphatic carbocycles. The van der Waals surface area contributed by atoms with Crippen molar-refractivity contribution in [2.45, 2.75) is 47.0 Å². The minimum absolute atomic E-state index is 0.0250. The van der Waals surface area contributed by atoms with Gasteiger partial charge in [0.05, 0.1) is 5.69 Å². The molecule has 6 heteroatoms. The highest BCUT2D eigenvalue weighted by atomic mass is 15.3. The van der Waals surface area contributed by atoms with Crippen LogP contribution in [0.3, 0.4) is 0 Å². The average Bonchev–Trinajstić information content (AvgIpc) is 2.53. The van der Waals surface area contributed by atoms with E-state index in [0.29, 0.717) is 0 Å². The van der Waals surface area contributed by atoms with Crippen molar-refractivity contribution < 1.29 is 0 Å². The first-order valence-corrected chi connectivity index (χ1v) is 8.91. The zero-order valence-corrected chi connectivity index (χ0v) is 16.2. The third-order valence-corrected chi connectivity index (χ3v) is 4.45. The number of nitrogens with zero attached hydrogens (tertiary/aromatic N) is 6. The van der Waals surface area contributed by atoms with Crippen LogP contribution in [0.2, 0.25) is 0 Å². The standard InChI is InChI=1S/C19H28N6/c1-13-11-14(2)21-18(20-13)25-9-7-24(8-10-25)17-12-16(19(4,5)6)22-15(3)23-17/h11-12H,7-10H2,1-6H3. The van der Waals surface area contributed by atoms with Crippen molar-refractivity contribution in [3.63, 3.8) is 0 Å². The summed E-state index contributed by atoms with van der Waals surface area (Å²) in [6, 6.07) is 4.15. The van der Waals surface area contributed by atoms with Crippen LogP contribution in [0.25, 0.3) is 0 Å². The quantitative estimate of drug-likeness (QED) is 0.838. The van der Waals surface area contributed by atoms with Crippen LogP contribution in [0, 0.1) is 20.8 Å². The lowest BCUT2D eigenvalue weighted by molar-refractivity contribution is 0.561. The molecule has 0 saturated carbocycles. The van der Waals surface area contributed by atoms with Crippen molar-refractivity contribution in [3.05, 3.63) is 35.0 Å². The van der Waals surface area contributed by atoms with Crippen LogP contribution in [0.1, 0.15) is 43.7 Å². The third kappa shape index (κ3) is 4.06. The normalized spacial score (nSPS) is 15.6. The highest BCUT2D eigenvalue weighted by Gasteiger charge is 2.23. The van der Waals surface area contributed by atoms with Crippen LogP contribution in [0.4, 0.5) is 11.8 Å². The molecule has 0 bridgehead atoms. The first-order chi connectivity index (χ1) is 11.7. The number of hydrogen-bond acceptors (Lipinski definition) is 6. The Labute approximate surface area is 150 Å². The van der Waals surface area contributed by atoms with E-state index in [0.717, 1.165) is 60.9 Å². The molecule has 0 unspecified atom stereocenters. The van der Waals surface area contributed by atoms with Gasteiger partial charge in [-0.05, 0) is 26.8 Å². The number of piperazine rings is 1. The molecule has 0 N–H and O–H groups in total. The number of aromatic nitrogens is 4. The van der Waals surface area contributed by atoms with Gasteiger partial charge in [-0.25, -0.2) is 19.9 Å². The third-order valence-electron chi connectivity index (χ3n) is 4.45. The van der Waals surface area contributed by atoms with E-state index >= 15 is 0 Å². The van der Waals surface area contributed by atoms with E-state index in [1.165, 1.54) is 0 Å². The summed E-state index contributed by atoms with van der Waals surface area (Å²) in [4.78, 5) is 23.0. The van der Waals surface area contributed by atoms with Gasteiger partial charge in [0.1, 0.15) is 11.6 Å². The highest BCUT2D eigenvalue weighted by Crippen LogP contribution is 2.25. The summed E-state index contributed by atoms with van der Waals surface area (Å²) in [5.41, 5.74) is 3.16. The maximum absolute atomic E-state index is 4.66. The van der Waals surface area contributed by atoms with Crippen LogP contribution < -0.4 is 9.80 Å². The first kappa shape index (κ1) is 17.6. The maximum Gasteiger partial charge on any atom is 0.225 e. The molecule has 1 saturated heterocycles. The molecule has 25 heavy (non-hydrogen) atoms. The molecule has 2 aromatic rings. The summed E-state index contributed by atoms with van der Waals surface area (Å²) in [6.45, 7) is 16.2. The zero-order chi connectivity index (χ0) is 18.2. The molecule has 3 heterocycles. The highest BCUT2D eigenvalue weighted by molar-refractivity contribution is 5.44. The van der Waals surface area contributed by atoms with Gasteiger partial charge in [0.15, 0.2) is 0 Å². The van der Waals surface area contributed by atoms with Crippen molar-refractivity contribution in [3.8, 4) is 0 Å². The minimum atomic E-state index is 0.0250. The molecule has 1 aliphatic rings. The molecule has 2 aromatic heterocycles. The fourth-order valence-corrected chi connectivity index (χ4v) is 3.08. The Bertz CT molecular complexity index is 737. The van der Waals surface area contributed by atoms with Gasteiger partial charge in [0, 0.05) is 49.0 Å². The number of anilines is 2. The molecule has 134 valence electrons. The summed E-state index contributed by atoms with van der Waals surface area (Å²) in [7, 11) is 0. The Hall–Kier alpha value is -2.24. The van der Waals surface area contributed by atoms with Gasteiger partial charge < -0.3 is 9.80 Å². The first-order valence-electron chi connectivity index (χ1n) is 8.91. The molecule has 0 amide bonds.